The van der Waals surface area contributed by atoms with Gasteiger partial charge in [-0.1, -0.05) is 48.0 Å². The minimum Gasteiger partial charge on any atom is -0.370 e. The molecule has 0 aliphatic heterocycles. The summed E-state index contributed by atoms with van der Waals surface area (Å²) in [6.07, 6.45) is 0. The number of hydrogen-bond donors (Lipinski definition) is 3. The normalized spacial score (nSPS) is 11.4. The highest BCUT2D eigenvalue weighted by atomic mass is 16.2. The zero-order chi connectivity index (χ0) is 15.9. The van der Waals surface area contributed by atoms with E-state index in [0.29, 0.717) is 0 Å². The summed E-state index contributed by atoms with van der Waals surface area (Å²) in [6, 6.07) is 15.8. The number of rotatable bonds is 4. The first kappa shape index (κ1) is 15.6. The SMILES string of the molecule is CNC(=O)NC(=O)[C@@H](Nc1ccc(C)cc1)c1ccccc1. The zero-order valence-corrected chi connectivity index (χ0v) is 12.6. The molecule has 5 nitrogen and oxygen atoms in total. The number of urea groups is 1. The number of nitrogens with one attached hydrogen (secondary N) is 3. The van der Waals surface area contributed by atoms with E-state index >= 15 is 0 Å². The summed E-state index contributed by atoms with van der Waals surface area (Å²) in [4.78, 5) is 23.7. The van der Waals surface area contributed by atoms with Crippen LogP contribution in [0.15, 0.2) is 54.6 Å². The lowest BCUT2D eigenvalue weighted by atomic mass is 10.1. The average molecular weight is 297 g/mol. The Kier molecular flexibility index (Phi) is 5.14. The van der Waals surface area contributed by atoms with E-state index in [9.17, 15) is 9.59 Å². The van der Waals surface area contributed by atoms with Crippen molar-refractivity contribution in [1.82, 2.24) is 10.6 Å². The van der Waals surface area contributed by atoms with Gasteiger partial charge >= 0.3 is 6.03 Å². The van der Waals surface area contributed by atoms with Crippen molar-refractivity contribution in [2.45, 2.75) is 13.0 Å². The van der Waals surface area contributed by atoms with Gasteiger partial charge in [0, 0.05) is 12.7 Å². The molecule has 3 N–H and O–H groups in total. The number of aryl methyl sites for hydroxylation is 1. The van der Waals surface area contributed by atoms with Crippen LogP contribution < -0.4 is 16.0 Å². The van der Waals surface area contributed by atoms with Crippen molar-refractivity contribution in [3.05, 3.63) is 65.7 Å². The fraction of sp³-hybridized carbons (Fsp3) is 0.176. The van der Waals surface area contributed by atoms with E-state index in [1.54, 1.807) is 0 Å². The van der Waals surface area contributed by atoms with Gasteiger partial charge in [-0.05, 0) is 24.6 Å². The van der Waals surface area contributed by atoms with Crippen LogP contribution in [-0.4, -0.2) is 19.0 Å². The van der Waals surface area contributed by atoms with Crippen molar-refractivity contribution >= 4 is 17.6 Å². The summed E-state index contributed by atoms with van der Waals surface area (Å²) < 4.78 is 0. The third-order valence-electron chi connectivity index (χ3n) is 3.22. The minimum absolute atomic E-state index is 0.411. The van der Waals surface area contributed by atoms with Crippen LogP contribution in [0.1, 0.15) is 17.2 Å². The lowest BCUT2D eigenvalue weighted by Gasteiger charge is -2.19. The van der Waals surface area contributed by atoms with Crippen molar-refractivity contribution in [3.8, 4) is 0 Å². The van der Waals surface area contributed by atoms with Crippen molar-refractivity contribution in [2.24, 2.45) is 0 Å². The van der Waals surface area contributed by atoms with Gasteiger partial charge in [-0.3, -0.25) is 10.1 Å². The molecule has 1 atom stereocenters. The molecule has 2 aromatic rings. The number of benzene rings is 2. The third kappa shape index (κ3) is 4.09. The van der Waals surface area contributed by atoms with Gasteiger partial charge in [-0.2, -0.15) is 0 Å². The summed E-state index contributed by atoms with van der Waals surface area (Å²) in [5.74, 6) is -0.411. The molecule has 0 radical (unpaired) electrons. The van der Waals surface area contributed by atoms with Crippen molar-refractivity contribution < 1.29 is 9.59 Å². The predicted octanol–water partition coefficient (Wildman–Crippen LogP) is 2.60. The highest BCUT2D eigenvalue weighted by Gasteiger charge is 2.21. The fourth-order valence-corrected chi connectivity index (χ4v) is 2.01. The zero-order valence-electron chi connectivity index (χ0n) is 12.6. The lowest BCUT2D eigenvalue weighted by molar-refractivity contribution is -0.120. The molecule has 0 spiro atoms. The Morgan fingerprint density at radius 2 is 1.59 bits per heavy atom. The summed E-state index contributed by atoms with van der Waals surface area (Å²) in [7, 11) is 1.47. The quantitative estimate of drug-likeness (QED) is 0.812. The molecule has 0 aliphatic rings. The molecule has 0 aliphatic carbocycles. The van der Waals surface area contributed by atoms with Gasteiger partial charge in [0.2, 0.25) is 0 Å². The molecule has 114 valence electrons. The molecule has 3 amide bonds. The maximum atomic E-state index is 12.3. The highest BCUT2D eigenvalue weighted by Crippen LogP contribution is 2.20. The number of amides is 3. The molecule has 0 aromatic heterocycles. The maximum Gasteiger partial charge on any atom is 0.321 e. The molecule has 22 heavy (non-hydrogen) atoms. The first-order chi connectivity index (χ1) is 10.6. The van der Waals surface area contributed by atoms with Gasteiger partial charge in [0.25, 0.3) is 5.91 Å². The Morgan fingerprint density at radius 1 is 0.955 bits per heavy atom. The van der Waals surface area contributed by atoms with E-state index in [2.05, 4.69) is 16.0 Å². The number of carbonyl (C=O) groups is 2. The molecular weight excluding hydrogens is 278 g/mol. The Balaban J connectivity index is 2.23. The Labute approximate surface area is 129 Å². The average Bonchev–Trinajstić information content (AvgIpc) is 2.54. The fourth-order valence-electron chi connectivity index (χ4n) is 2.01. The van der Waals surface area contributed by atoms with Gasteiger partial charge in [0.15, 0.2) is 0 Å². The monoisotopic (exact) mass is 297 g/mol. The lowest BCUT2D eigenvalue weighted by Crippen LogP contribution is -2.42. The number of hydrogen-bond acceptors (Lipinski definition) is 3. The number of imide groups is 1. The van der Waals surface area contributed by atoms with Crippen LogP contribution in [0.2, 0.25) is 0 Å². The van der Waals surface area contributed by atoms with Gasteiger partial charge in [-0.15, -0.1) is 0 Å². The van der Waals surface area contributed by atoms with Gasteiger partial charge in [-0.25, -0.2) is 4.79 Å². The molecule has 0 heterocycles. The van der Waals surface area contributed by atoms with Crippen LogP contribution in [0.25, 0.3) is 0 Å². The molecule has 2 rings (SSSR count). The van der Waals surface area contributed by atoms with Gasteiger partial charge < -0.3 is 10.6 Å². The Morgan fingerprint density at radius 3 is 2.18 bits per heavy atom. The molecule has 0 fully saturated rings. The second-order valence-electron chi connectivity index (χ2n) is 4.92. The van der Waals surface area contributed by atoms with E-state index in [1.165, 1.54) is 7.05 Å². The largest absolute Gasteiger partial charge is 0.370 e. The van der Waals surface area contributed by atoms with E-state index < -0.39 is 18.0 Å². The van der Waals surface area contributed by atoms with Crippen LogP contribution in [0, 0.1) is 6.92 Å². The summed E-state index contributed by atoms with van der Waals surface area (Å²) in [5.41, 5.74) is 2.73. The topological polar surface area (TPSA) is 70.2 Å². The molecular formula is C17H19N3O2. The third-order valence-corrected chi connectivity index (χ3v) is 3.22. The van der Waals surface area contributed by atoms with Crippen LogP contribution in [-0.2, 0) is 4.79 Å². The van der Waals surface area contributed by atoms with Gasteiger partial charge in [0.1, 0.15) is 6.04 Å². The molecule has 0 saturated heterocycles. The smallest absolute Gasteiger partial charge is 0.321 e. The van der Waals surface area contributed by atoms with E-state index in [-0.39, 0.29) is 0 Å². The minimum atomic E-state index is -0.652. The molecule has 0 bridgehead atoms. The van der Waals surface area contributed by atoms with E-state index in [4.69, 9.17) is 0 Å². The molecule has 5 heteroatoms. The number of carbonyl (C=O) groups excluding carboxylic acids is 2. The second kappa shape index (κ2) is 7.26. The first-order valence-corrected chi connectivity index (χ1v) is 7.01. The molecule has 2 aromatic carbocycles. The van der Waals surface area contributed by atoms with E-state index in [1.807, 2.05) is 61.5 Å². The predicted molar refractivity (Wildman–Crippen MR) is 86.6 cm³/mol. The van der Waals surface area contributed by atoms with E-state index in [0.717, 1.165) is 16.8 Å². The first-order valence-electron chi connectivity index (χ1n) is 7.01. The van der Waals surface area contributed by atoms with Crippen LogP contribution in [0.3, 0.4) is 0 Å². The van der Waals surface area contributed by atoms with Gasteiger partial charge in [0.05, 0.1) is 0 Å². The number of anilines is 1. The molecule has 0 saturated carbocycles. The van der Waals surface area contributed by atoms with Crippen molar-refractivity contribution in [2.75, 3.05) is 12.4 Å². The van der Waals surface area contributed by atoms with Crippen LogP contribution >= 0.6 is 0 Å². The van der Waals surface area contributed by atoms with Crippen LogP contribution in [0.4, 0.5) is 10.5 Å². The second-order valence-corrected chi connectivity index (χ2v) is 4.92. The Hall–Kier alpha value is -2.82. The van der Waals surface area contributed by atoms with Crippen molar-refractivity contribution in [3.63, 3.8) is 0 Å². The summed E-state index contributed by atoms with van der Waals surface area (Å²) in [6.45, 7) is 2.00. The van der Waals surface area contributed by atoms with Crippen LogP contribution in [0.5, 0.6) is 0 Å². The summed E-state index contributed by atoms with van der Waals surface area (Å²) in [5, 5.41) is 7.84. The maximum absolute atomic E-state index is 12.3. The Bertz CT molecular complexity index is 639. The molecule has 0 unspecified atom stereocenters. The summed E-state index contributed by atoms with van der Waals surface area (Å²) >= 11 is 0. The standard InChI is InChI=1S/C17H19N3O2/c1-12-8-10-14(11-9-12)19-15(13-6-4-3-5-7-13)16(21)20-17(22)18-2/h3-11,15,19H,1-2H3,(H2,18,20,21,22)/t15-/m0/s1. The highest BCUT2D eigenvalue weighted by molar-refractivity contribution is 5.98. The van der Waals surface area contributed by atoms with Crippen molar-refractivity contribution in [1.29, 1.82) is 0 Å².